The first-order chi connectivity index (χ1) is 11.2. The zero-order valence-corrected chi connectivity index (χ0v) is 16.2. The summed E-state index contributed by atoms with van der Waals surface area (Å²) in [5.41, 5.74) is 0. The number of carbonyl (C=O) groups is 3. The Morgan fingerprint density at radius 1 is 1.00 bits per heavy atom. The second-order valence-corrected chi connectivity index (χ2v) is 9.26. The van der Waals surface area contributed by atoms with E-state index in [0.29, 0.717) is 0 Å². The van der Waals surface area contributed by atoms with E-state index in [1.807, 2.05) is 20.8 Å². The molecule has 0 aliphatic heterocycles. The third kappa shape index (κ3) is 6.46. The summed E-state index contributed by atoms with van der Waals surface area (Å²) in [6, 6.07) is 0. The van der Waals surface area contributed by atoms with Crippen molar-refractivity contribution >= 4 is 28.8 Å². The van der Waals surface area contributed by atoms with E-state index in [-0.39, 0.29) is 28.1 Å². The first-order valence-corrected chi connectivity index (χ1v) is 9.38. The first kappa shape index (κ1) is 21.0. The van der Waals surface area contributed by atoms with E-state index in [9.17, 15) is 14.4 Å². The van der Waals surface area contributed by atoms with E-state index in [2.05, 4.69) is 0 Å². The summed E-state index contributed by atoms with van der Waals surface area (Å²) in [5.74, 6) is -2.41. The van der Waals surface area contributed by atoms with Gasteiger partial charge in [-0.15, -0.1) is 0 Å². The Morgan fingerprint density at radius 3 is 1.92 bits per heavy atom. The van der Waals surface area contributed by atoms with Gasteiger partial charge in [0.25, 0.3) is 0 Å². The molecule has 138 valence electrons. The number of hydrogen-bond donors (Lipinski definition) is 0. The van der Waals surface area contributed by atoms with E-state index in [1.54, 1.807) is 0 Å². The Morgan fingerprint density at radius 2 is 1.50 bits per heavy atom. The van der Waals surface area contributed by atoms with Crippen LogP contribution in [0.5, 0.6) is 0 Å². The molecular weight excluding hydrogens is 328 g/mol. The van der Waals surface area contributed by atoms with Gasteiger partial charge in [0.2, 0.25) is 0 Å². The number of carbonyl (C=O) groups excluding carboxylic acids is 3. The predicted molar refractivity (Wildman–Crippen MR) is 94.6 cm³/mol. The Hall–Kier alpha value is -1.04. The molecule has 0 bridgehead atoms. The molecule has 0 amide bonds. The number of esters is 2. The monoisotopic (exact) mass is 358 g/mol. The maximum Gasteiger partial charge on any atom is 0.320 e. The molecule has 24 heavy (non-hydrogen) atoms. The van der Waals surface area contributed by atoms with Gasteiger partial charge in [-0.05, 0) is 11.8 Å². The van der Waals surface area contributed by atoms with Gasteiger partial charge in [0, 0.05) is 11.2 Å². The summed E-state index contributed by atoms with van der Waals surface area (Å²) < 4.78 is 9.47. The van der Waals surface area contributed by atoms with Gasteiger partial charge in [-0.25, -0.2) is 0 Å². The molecule has 6 heteroatoms. The van der Waals surface area contributed by atoms with Crippen molar-refractivity contribution in [3.63, 3.8) is 0 Å². The van der Waals surface area contributed by atoms with Gasteiger partial charge < -0.3 is 9.47 Å². The fourth-order valence-corrected chi connectivity index (χ4v) is 4.35. The molecule has 0 heterocycles. The molecule has 0 radical (unpaired) electrons. The SMILES string of the molecule is COC(=O)C(C(=O)OC)[C@H](CC(=O)SC(C)(C)C)C1CCCCC1. The quantitative estimate of drug-likeness (QED) is 0.534. The second kappa shape index (κ2) is 9.44. The second-order valence-electron chi connectivity index (χ2n) is 7.38. The minimum absolute atomic E-state index is 0.0101. The fraction of sp³-hybridized carbons (Fsp3) is 0.833. The third-order valence-corrected chi connectivity index (χ3v) is 5.42. The number of methoxy groups -OCH3 is 2. The van der Waals surface area contributed by atoms with Crippen molar-refractivity contribution in [1.82, 2.24) is 0 Å². The average Bonchev–Trinajstić information content (AvgIpc) is 2.52. The molecule has 1 rings (SSSR count). The van der Waals surface area contributed by atoms with Crippen molar-refractivity contribution < 1.29 is 23.9 Å². The summed E-state index contributed by atoms with van der Waals surface area (Å²) in [6.45, 7) is 5.93. The largest absolute Gasteiger partial charge is 0.468 e. The topological polar surface area (TPSA) is 69.7 Å². The number of thioether (sulfide) groups is 1. The molecule has 0 aromatic rings. The Kier molecular flexibility index (Phi) is 8.27. The molecule has 5 nitrogen and oxygen atoms in total. The molecule has 1 atom stereocenters. The molecule has 1 aliphatic carbocycles. The van der Waals surface area contributed by atoms with Crippen molar-refractivity contribution in [3.05, 3.63) is 0 Å². The molecule has 0 saturated heterocycles. The van der Waals surface area contributed by atoms with Crippen LogP contribution < -0.4 is 0 Å². The predicted octanol–water partition coefficient (Wildman–Crippen LogP) is 3.59. The zero-order valence-electron chi connectivity index (χ0n) is 15.4. The van der Waals surface area contributed by atoms with Gasteiger partial charge in [-0.1, -0.05) is 64.6 Å². The molecule has 1 aliphatic rings. The molecule has 0 spiro atoms. The van der Waals surface area contributed by atoms with E-state index in [0.717, 1.165) is 32.1 Å². The van der Waals surface area contributed by atoms with Crippen LogP contribution >= 0.6 is 11.8 Å². The van der Waals surface area contributed by atoms with Crippen LogP contribution in [0.3, 0.4) is 0 Å². The lowest BCUT2D eigenvalue weighted by molar-refractivity contribution is -0.163. The molecule has 0 unspecified atom stereocenters. The van der Waals surface area contributed by atoms with Crippen LogP contribution in [0.1, 0.15) is 59.3 Å². The van der Waals surface area contributed by atoms with E-state index in [1.165, 1.54) is 26.0 Å². The van der Waals surface area contributed by atoms with Crippen molar-refractivity contribution in [2.45, 2.75) is 64.0 Å². The molecule has 1 saturated carbocycles. The summed E-state index contributed by atoms with van der Waals surface area (Å²) in [6.07, 6.45) is 5.36. The summed E-state index contributed by atoms with van der Waals surface area (Å²) in [4.78, 5) is 36.9. The maximum absolute atomic E-state index is 12.5. The van der Waals surface area contributed by atoms with Crippen LogP contribution in [0.25, 0.3) is 0 Å². The number of hydrogen-bond acceptors (Lipinski definition) is 6. The Balaban J connectivity index is 3.03. The van der Waals surface area contributed by atoms with Crippen LogP contribution in [0.2, 0.25) is 0 Å². The highest BCUT2D eigenvalue weighted by Gasteiger charge is 2.42. The van der Waals surface area contributed by atoms with E-state index >= 15 is 0 Å². The van der Waals surface area contributed by atoms with E-state index < -0.39 is 17.9 Å². The van der Waals surface area contributed by atoms with Gasteiger partial charge in [-0.3, -0.25) is 14.4 Å². The fourth-order valence-electron chi connectivity index (χ4n) is 3.39. The summed E-state index contributed by atoms with van der Waals surface area (Å²) >= 11 is 1.26. The van der Waals surface area contributed by atoms with Crippen LogP contribution in [-0.2, 0) is 23.9 Å². The highest BCUT2D eigenvalue weighted by molar-refractivity contribution is 8.14. The lowest BCUT2D eigenvalue weighted by Gasteiger charge is -2.33. The highest BCUT2D eigenvalue weighted by Crippen LogP contribution is 2.39. The molecule has 1 fully saturated rings. The van der Waals surface area contributed by atoms with E-state index in [4.69, 9.17) is 9.47 Å². The lowest BCUT2D eigenvalue weighted by atomic mass is 9.72. The molecular formula is C18H30O5S. The Labute approximate surface area is 149 Å². The molecule has 0 aromatic carbocycles. The van der Waals surface area contributed by atoms with Crippen LogP contribution in [-0.4, -0.2) is 36.0 Å². The van der Waals surface area contributed by atoms with Crippen molar-refractivity contribution in [2.75, 3.05) is 14.2 Å². The summed E-state index contributed by atoms with van der Waals surface area (Å²) in [5, 5.41) is 0.0101. The third-order valence-electron chi connectivity index (χ3n) is 4.42. The van der Waals surface area contributed by atoms with Crippen molar-refractivity contribution in [1.29, 1.82) is 0 Å². The number of ether oxygens (including phenoxy) is 2. The Bertz CT molecular complexity index is 433. The highest BCUT2D eigenvalue weighted by atomic mass is 32.2. The van der Waals surface area contributed by atoms with Crippen molar-refractivity contribution in [2.24, 2.45) is 17.8 Å². The first-order valence-electron chi connectivity index (χ1n) is 8.57. The molecule has 0 N–H and O–H groups in total. The summed E-state index contributed by atoms with van der Waals surface area (Å²) in [7, 11) is 2.53. The van der Waals surface area contributed by atoms with Gasteiger partial charge in [0.05, 0.1) is 14.2 Å². The van der Waals surface area contributed by atoms with Crippen LogP contribution in [0.4, 0.5) is 0 Å². The lowest BCUT2D eigenvalue weighted by Crippen LogP contribution is -2.39. The normalized spacial score (nSPS) is 17.4. The average molecular weight is 359 g/mol. The van der Waals surface area contributed by atoms with Gasteiger partial charge in [0.1, 0.15) is 0 Å². The van der Waals surface area contributed by atoms with Gasteiger partial charge in [-0.2, -0.15) is 0 Å². The minimum Gasteiger partial charge on any atom is -0.468 e. The minimum atomic E-state index is -1.02. The molecule has 0 aromatic heterocycles. The zero-order chi connectivity index (χ0) is 18.3. The van der Waals surface area contributed by atoms with Gasteiger partial charge in [0.15, 0.2) is 11.0 Å². The van der Waals surface area contributed by atoms with Crippen molar-refractivity contribution in [3.8, 4) is 0 Å². The van der Waals surface area contributed by atoms with Crippen LogP contribution in [0, 0.1) is 17.8 Å². The standard InChI is InChI=1S/C18H30O5S/c1-18(2,3)24-14(19)11-13(12-9-7-6-8-10-12)15(16(20)22-4)17(21)23-5/h12-13,15H,6-11H2,1-5H3/t13-/m1/s1. The smallest absolute Gasteiger partial charge is 0.320 e. The van der Waals surface area contributed by atoms with Crippen LogP contribution in [0.15, 0.2) is 0 Å². The maximum atomic E-state index is 12.5. The van der Waals surface area contributed by atoms with Gasteiger partial charge >= 0.3 is 11.9 Å². The number of rotatable bonds is 6.